The van der Waals surface area contributed by atoms with E-state index in [0.29, 0.717) is 0 Å². The third-order valence-electron chi connectivity index (χ3n) is 1.38. The van der Waals surface area contributed by atoms with Crippen LogP contribution in [0.15, 0.2) is 12.1 Å². The van der Waals surface area contributed by atoms with Crippen molar-refractivity contribution >= 4 is 34.7 Å². The predicted molar refractivity (Wildman–Crippen MR) is 59.4 cm³/mol. The molecule has 0 fully saturated rings. The summed E-state index contributed by atoms with van der Waals surface area (Å²) in [6.45, 7) is 0.774. The van der Waals surface area contributed by atoms with Crippen LogP contribution in [0.3, 0.4) is 0 Å². The zero-order valence-electron chi connectivity index (χ0n) is 6.75. The van der Waals surface area contributed by atoms with Gasteiger partial charge in [-0.05, 0) is 24.3 Å². The van der Waals surface area contributed by atoms with Crippen LogP contribution in [0, 0.1) is 0 Å². The summed E-state index contributed by atoms with van der Waals surface area (Å²) in [6, 6.07) is 4.05. The maximum Gasteiger partial charge on any atom is 0.0931 e. The largest absolute Gasteiger partial charge is 0.330 e. The molecule has 0 amide bonds. The van der Waals surface area contributed by atoms with Gasteiger partial charge < -0.3 is 5.73 Å². The lowest BCUT2D eigenvalue weighted by atomic mass is 10.4. The van der Waals surface area contributed by atoms with Gasteiger partial charge in [0, 0.05) is 17.2 Å². The molecule has 1 aromatic rings. The Morgan fingerprint density at radius 1 is 1.42 bits per heavy atom. The highest BCUT2D eigenvalue weighted by Gasteiger charge is 1.96. The number of thioether (sulfide) groups is 1. The molecule has 2 N–H and O–H groups in total. The minimum Gasteiger partial charge on any atom is -0.330 e. The molecular formula is C8H12ClNS2. The molecule has 1 heterocycles. The maximum absolute atomic E-state index is 5.79. The van der Waals surface area contributed by atoms with Crippen LogP contribution in [0.2, 0.25) is 4.34 Å². The number of rotatable bonds is 5. The first kappa shape index (κ1) is 10.4. The predicted octanol–water partition coefficient (Wildman–Crippen LogP) is 2.64. The van der Waals surface area contributed by atoms with Gasteiger partial charge in [-0.2, -0.15) is 11.8 Å². The highest BCUT2D eigenvalue weighted by atomic mass is 35.5. The highest BCUT2D eigenvalue weighted by Crippen LogP contribution is 2.22. The van der Waals surface area contributed by atoms with E-state index in [1.807, 2.05) is 17.8 Å². The van der Waals surface area contributed by atoms with Crippen LogP contribution in [-0.2, 0) is 6.42 Å². The van der Waals surface area contributed by atoms with Gasteiger partial charge in [-0.15, -0.1) is 11.3 Å². The number of hydrogen-bond donors (Lipinski definition) is 1. The lowest BCUT2D eigenvalue weighted by Gasteiger charge is -1.96. The van der Waals surface area contributed by atoms with Gasteiger partial charge in [0.05, 0.1) is 4.34 Å². The van der Waals surface area contributed by atoms with Gasteiger partial charge in [-0.1, -0.05) is 11.6 Å². The molecule has 0 unspecified atom stereocenters. The van der Waals surface area contributed by atoms with Gasteiger partial charge in [-0.25, -0.2) is 0 Å². The second-order valence-corrected chi connectivity index (χ2v) is 5.38. The van der Waals surface area contributed by atoms with E-state index in [1.165, 1.54) is 4.88 Å². The molecule has 1 nitrogen and oxygen atoms in total. The van der Waals surface area contributed by atoms with Crippen LogP contribution < -0.4 is 5.73 Å². The average molecular weight is 222 g/mol. The van der Waals surface area contributed by atoms with Crippen molar-refractivity contribution < 1.29 is 0 Å². The van der Waals surface area contributed by atoms with Gasteiger partial charge >= 0.3 is 0 Å². The molecule has 68 valence electrons. The van der Waals surface area contributed by atoms with Crippen molar-refractivity contribution in [2.45, 2.75) is 6.42 Å². The first-order chi connectivity index (χ1) is 5.83. The molecule has 0 atom stereocenters. The van der Waals surface area contributed by atoms with Gasteiger partial charge in [0.1, 0.15) is 0 Å². The fraction of sp³-hybridized carbons (Fsp3) is 0.500. The molecule has 0 bridgehead atoms. The quantitative estimate of drug-likeness (QED) is 0.774. The molecule has 0 aliphatic carbocycles. The first-order valence-electron chi connectivity index (χ1n) is 3.85. The summed E-state index contributed by atoms with van der Waals surface area (Å²) in [4.78, 5) is 1.37. The van der Waals surface area contributed by atoms with Gasteiger partial charge in [0.25, 0.3) is 0 Å². The van der Waals surface area contributed by atoms with E-state index in [1.54, 1.807) is 11.3 Å². The second-order valence-electron chi connectivity index (χ2n) is 2.36. The Kier molecular flexibility index (Phi) is 5.07. The number of nitrogens with two attached hydrogens (primary N) is 1. The second kappa shape index (κ2) is 5.86. The molecule has 0 aliphatic rings. The normalized spacial score (nSPS) is 10.5. The summed E-state index contributed by atoms with van der Waals surface area (Å²) in [7, 11) is 0. The van der Waals surface area contributed by atoms with E-state index in [0.717, 1.165) is 28.8 Å². The highest BCUT2D eigenvalue weighted by molar-refractivity contribution is 7.99. The summed E-state index contributed by atoms with van der Waals surface area (Å²) >= 11 is 9.35. The van der Waals surface area contributed by atoms with E-state index >= 15 is 0 Å². The van der Waals surface area contributed by atoms with Crippen molar-refractivity contribution in [3.8, 4) is 0 Å². The van der Waals surface area contributed by atoms with E-state index < -0.39 is 0 Å². The van der Waals surface area contributed by atoms with Crippen molar-refractivity contribution in [3.05, 3.63) is 21.3 Å². The Labute approximate surface area is 86.3 Å². The van der Waals surface area contributed by atoms with Crippen molar-refractivity contribution in [3.63, 3.8) is 0 Å². The smallest absolute Gasteiger partial charge is 0.0931 e. The van der Waals surface area contributed by atoms with E-state index in [4.69, 9.17) is 17.3 Å². The fourth-order valence-electron chi connectivity index (χ4n) is 0.844. The summed E-state index contributed by atoms with van der Waals surface area (Å²) in [5, 5.41) is 0. The van der Waals surface area contributed by atoms with Crippen LogP contribution in [0.1, 0.15) is 4.88 Å². The Balaban J connectivity index is 2.15. The molecule has 12 heavy (non-hydrogen) atoms. The molecule has 0 aromatic carbocycles. The summed E-state index contributed by atoms with van der Waals surface area (Å²) in [6.07, 6.45) is 1.11. The minimum atomic E-state index is 0.774. The number of aryl methyl sites for hydroxylation is 1. The third-order valence-corrected chi connectivity index (χ3v) is 3.69. The SMILES string of the molecule is NCCSCCc1ccc(Cl)s1. The topological polar surface area (TPSA) is 26.0 Å². The molecule has 0 saturated heterocycles. The standard InChI is InChI=1S/C8H12ClNS2/c9-8-2-1-7(12-8)3-5-11-6-4-10/h1-2H,3-6,10H2. The van der Waals surface area contributed by atoms with Crippen molar-refractivity contribution in [1.29, 1.82) is 0 Å². The van der Waals surface area contributed by atoms with Crippen LogP contribution in [0.25, 0.3) is 0 Å². The molecule has 0 spiro atoms. The number of thiophene rings is 1. The Hall–Kier alpha value is 0.300. The molecule has 4 heteroatoms. The molecule has 0 saturated carbocycles. The lowest BCUT2D eigenvalue weighted by molar-refractivity contribution is 1.14. The van der Waals surface area contributed by atoms with Crippen LogP contribution in [0.5, 0.6) is 0 Å². The maximum atomic E-state index is 5.79. The molecule has 1 rings (SSSR count). The Morgan fingerprint density at radius 3 is 2.83 bits per heavy atom. The van der Waals surface area contributed by atoms with E-state index in [2.05, 4.69) is 6.07 Å². The zero-order chi connectivity index (χ0) is 8.81. The van der Waals surface area contributed by atoms with Gasteiger partial charge in [-0.3, -0.25) is 0 Å². The molecule has 1 aromatic heterocycles. The summed E-state index contributed by atoms with van der Waals surface area (Å²) in [5.41, 5.74) is 5.37. The monoisotopic (exact) mass is 221 g/mol. The summed E-state index contributed by atoms with van der Waals surface area (Å²) in [5.74, 6) is 2.20. The van der Waals surface area contributed by atoms with E-state index in [-0.39, 0.29) is 0 Å². The molecule has 0 aliphatic heterocycles. The first-order valence-corrected chi connectivity index (χ1v) is 6.20. The third kappa shape index (κ3) is 3.81. The van der Waals surface area contributed by atoms with Crippen LogP contribution >= 0.6 is 34.7 Å². The fourth-order valence-corrected chi connectivity index (χ4v) is 2.80. The van der Waals surface area contributed by atoms with Crippen LogP contribution in [-0.4, -0.2) is 18.1 Å². The Morgan fingerprint density at radius 2 is 2.25 bits per heavy atom. The van der Waals surface area contributed by atoms with Gasteiger partial charge in [0.15, 0.2) is 0 Å². The summed E-state index contributed by atoms with van der Waals surface area (Å²) < 4.78 is 0.883. The minimum absolute atomic E-state index is 0.774. The van der Waals surface area contributed by atoms with Gasteiger partial charge in [0.2, 0.25) is 0 Å². The average Bonchev–Trinajstić information content (AvgIpc) is 2.45. The van der Waals surface area contributed by atoms with E-state index in [9.17, 15) is 0 Å². The van der Waals surface area contributed by atoms with Crippen molar-refractivity contribution in [1.82, 2.24) is 0 Å². The van der Waals surface area contributed by atoms with Crippen molar-refractivity contribution in [2.75, 3.05) is 18.1 Å². The number of halogens is 1. The Bertz CT molecular complexity index is 225. The van der Waals surface area contributed by atoms with Crippen LogP contribution in [0.4, 0.5) is 0 Å². The van der Waals surface area contributed by atoms with Crippen molar-refractivity contribution in [2.24, 2.45) is 5.73 Å². The molecular weight excluding hydrogens is 210 g/mol. The lowest BCUT2D eigenvalue weighted by Crippen LogP contribution is -2.02. The molecule has 0 radical (unpaired) electrons. The number of hydrogen-bond acceptors (Lipinski definition) is 3. The zero-order valence-corrected chi connectivity index (χ0v) is 9.14.